The lowest BCUT2D eigenvalue weighted by molar-refractivity contribution is 0.0245. The SMILES string of the molecule is CC(C)CCN1CCN(C2CCC(C(C)C)CC2)[C@@H](C)C1. The normalized spacial score (nSPS) is 33.0. The maximum absolute atomic E-state index is 2.84. The number of nitrogens with zero attached hydrogens (tertiary/aromatic N) is 2. The molecule has 1 heterocycles. The highest BCUT2D eigenvalue weighted by Crippen LogP contribution is 2.33. The standard InChI is InChI=1S/C19H38N2/c1-15(2)10-11-20-12-13-21(17(5)14-20)19-8-6-18(7-9-19)16(3)4/h15-19H,6-14H2,1-5H3/t17-,18?,19?/m0/s1. The highest BCUT2D eigenvalue weighted by atomic mass is 15.3. The van der Waals surface area contributed by atoms with Gasteiger partial charge in [0.2, 0.25) is 0 Å². The zero-order chi connectivity index (χ0) is 15.4. The predicted molar refractivity (Wildman–Crippen MR) is 92.6 cm³/mol. The highest BCUT2D eigenvalue weighted by Gasteiger charge is 2.32. The largest absolute Gasteiger partial charge is 0.301 e. The summed E-state index contributed by atoms with van der Waals surface area (Å²) in [5.74, 6) is 2.71. The third-order valence-corrected chi connectivity index (χ3v) is 5.94. The van der Waals surface area contributed by atoms with Gasteiger partial charge in [-0.1, -0.05) is 27.7 Å². The van der Waals surface area contributed by atoms with E-state index in [2.05, 4.69) is 44.4 Å². The average molecular weight is 295 g/mol. The number of hydrogen-bond acceptors (Lipinski definition) is 2. The molecule has 0 spiro atoms. The van der Waals surface area contributed by atoms with E-state index in [-0.39, 0.29) is 0 Å². The fourth-order valence-corrected chi connectivity index (χ4v) is 4.33. The third kappa shape index (κ3) is 4.96. The second-order valence-corrected chi connectivity index (χ2v) is 8.38. The Morgan fingerprint density at radius 2 is 1.62 bits per heavy atom. The maximum atomic E-state index is 2.84. The second-order valence-electron chi connectivity index (χ2n) is 8.38. The monoisotopic (exact) mass is 294 g/mol. The molecule has 0 bridgehead atoms. The summed E-state index contributed by atoms with van der Waals surface area (Å²) in [7, 11) is 0. The minimum Gasteiger partial charge on any atom is -0.301 e. The zero-order valence-corrected chi connectivity index (χ0v) is 15.1. The number of hydrogen-bond donors (Lipinski definition) is 0. The molecule has 1 atom stereocenters. The van der Waals surface area contributed by atoms with Gasteiger partial charge in [-0.3, -0.25) is 4.90 Å². The summed E-state index contributed by atoms with van der Waals surface area (Å²) in [6.07, 6.45) is 7.16. The first-order valence-corrected chi connectivity index (χ1v) is 9.45. The molecule has 2 nitrogen and oxygen atoms in total. The lowest BCUT2D eigenvalue weighted by Crippen LogP contribution is -2.56. The fraction of sp³-hybridized carbons (Fsp3) is 1.00. The summed E-state index contributed by atoms with van der Waals surface area (Å²) in [4.78, 5) is 5.53. The third-order valence-electron chi connectivity index (χ3n) is 5.94. The Bertz CT molecular complexity index is 292. The van der Waals surface area contributed by atoms with E-state index in [0.29, 0.717) is 0 Å². The summed E-state index contributed by atoms with van der Waals surface area (Å²) in [6.45, 7) is 17.1. The van der Waals surface area contributed by atoms with Crippen molar-refractivity contribution in [2.45, 2.75) is 78.8 Å². The Hall–Kier alpha value is -0.0800. The number of rotatable bonds is 5. The minimum absolute atomic E-state index is 0.756. The van der Waals surface area contributed by atoms with Crippen molar-refractivity contribution in [3.05, 3.63) is 0 Å². The van der Waals surface area contributed by atoms with Gasteiger partial charge in [0, 0.05) is 31.7 Å². The molecule has 0 aromatic heterocycles. The topological polar surface area (TPSA) is 6.48 Å². The van der Waals surface area contributed by atoms with Crippen molar-refractivity contribution < 1.29 is 0 Å². The van der Waals surface area contributed by atoms with Gasteiger partial charge in [-0.05, 0) is 63.3 Å². The van der Waals surface area contributed by atoms with Crippen molar-refractivity contribution in [1.82, 2.24) is 9.80 Å². The Balaban J connectivity index is 1.76. The fourth-order valence-electron chi connectivity index (χ4n) is 4.33. The van der Waals surface area contributed by atoms with Crippen LogP contribution in [-0.4, -0.2) is 48.1 Å². The van der Waals surface area contributed by atoms with Gasteiger partial charge in [-0.25, -0.2) is 0 Å². The van der Waals surface area contributed by atoms with E-state index < -0.39 is 0 Å². The van der Waals surface area contributed by atoms with E-state index in [4.69, 9.17) is 0 Å². The van der Waals surface area contributed by atoms with Crippen LogP contribution in [0.4, 0.5) is 0 Å². The minimum atomic E-state index is 0.756. The van der Waals surface area contributed by atoms with Crippen LogP contribution in [-0.2, 0) is 0 Å². The molecule has 2 rings (SSSR count). The van der Waals surface area contributed by atoms with Crippen molar-refractivity contribution in [1.29, 1.82) is 0 Å². The van der Waals surface area contributed by atoms with Crippen LogP contribution in [0.1, 0.15) is 66.7 Å². The maximum Gasteiger partial charge on any atom is 0.0198 e. The van der Waals surface area contributed by atoms with Crippen molar-refractivity contribution >= 4 is 0 Å². The first kappa shape index (κ1) is 17.3. The van der Waals surface area contributed by atoms with Gasteiger partial charge < -0.3 is 4.90 Å². The van der Waals surface area contributed by atoms with E-state index >= 15 is 0 Å². The first-order valence-electron chi connectivity index (χ1n) is 9.45. The Labute approximate surface area is 133 Å². The highest BCUT2D eigenvalue weighted by molar-refractivity contribution is 4.87. The molecule has 0 radical (unpaired) electrons. The first-order chi connectivity index (χ1) is 9.97. The predicted octanol–water partition coefficient (Wildman–Crippen LogP) is 4.25. The summed E-state index contributed by atoms with van der Waals surface area (Å²) >= 11 is 0. The molecule has 0 aromatic rings. The van der Waals surface area contributed by atoms with Gasteiger partial charge >= 0.3 is 0 Å². The van der Waals surface area contributed by atoms with Crippen LogP contribution in [0.3, 0.4) is 0 Å². The van der Waals surface area contributed by atoms with Gasteiger partial charge in [-0.2, -0.15) is 0 Å². The van der Waals surface area contributed by atoms with Gasteiger partial charge in [-0.15, -0.1) is 0 Å². The molecular formula is C19H38N2. The van der Waals surface area contributed by atoms with Crippen LogP contribution in [0.2, 0.25) is 0 Å². The lowest BCUT2D eigenvalue weighted by atomic mass is 9.79. The molecule has 1 aliphatic carbocycles. The van der Waals surface area contributed by atoms with Crippen molar-refractivity contribution in [2.24, 2.45) is 17.8 Å². The van der Waals surface area contributed by atoms with Crippen LogP contribution < -0.4 is 0 Å². The summed E-state index contributed by atoms with van der Waals surface area (Å²) in [5.41, 5.74) is 0. The van der Waals surface area contributed by atoms with Crippen molar-refractivity contribution in [3.8, 4) is 0 Å². The molecular weight excluding hydrogens is 256 g/mol. The summed E-state index contributed by atoms with van der Waals surface area (Å²) in [5, 5.41) is 0. The molecule has 2 fully saturated rings. The van der Waals surface area contributed by atoms with Gasteiger partial charge in [0.05, 0.1) is 0 Å². The van der Waals surface area contributed by atoms with E-state index in [1.54, 1.807) is 0 Å². The molecule has 0 unspecified atom stereocenters. The zero-order valence-electron chi connectivity index (χ0n) is 15.1. The average Bonchev–Trinajstić information content (AvgIpc) is 2.45. The van der Waals surface area contributed by atoms with Crippen LogP contribution in [0.5, 0.6) is 0 Å². The number of piperazine rings is 1. The molecule has 21 heavy (non-hydrogen) atoms. The lowest BCUT2D eigenvalue weighted by Gasteiger charge is -2.46. The van der Waals surface area contributed by atoms with Crippen LogP contribution in [0.25, 0.3) is 0 Å². The molecule has 1 aliphatic heterocycles. The van der Waals surface area contributed by atoms with Crippen LogP contribution >= 0.6 is 0 Å². The smallest absolute Gasteiger partial charge is 0.0198 e. The van der Waals surface area contributed by atoms with Crippen LogP contribution in [0, 0.1) is 17.8 Å². The Morgan fingerprint density at radius 1 is 0.952 bits per heavy atom. The molecule has 124 valence electrons. The van der Waals surface area contributed by atoms with Gasteiger partial charge in [0.1, 0.15) is 0 Å². The van der Waals surface area contributed by atoms with Crippen molar-refractivity contribution in [2.75, 3.05) is 26.2 Å². The van der Waals surface area contributed by atoms with E-state index in [1.807, 2.05) is 0 Å². The summed E-state index contributed by atoms with van der Waals surface area (Å²) < 4.78 is 0. The molecule has 2 aliphatic rings. The molecule has 0 aromatic carbocycles. The Morgan fingerprint density at radius 3 is 2.14 bits per heavy atom. The Kier molecular flexibility index (Phi) is 6.55. The molecule has 0 N–H and O–H groups in total. The van der Waals surface area contributed by atoms with Gasteiger partial charge in [0.15, 0.2) is 0 Å². The van der Waals surface area contributed by atoms with Crippen LogP contribution in [0.15, 0.2) is 0 Å². The van der Waals surface area contributed by atoms with E-state index in [1.165, 1.54) is 58.3 Å². The summed E-state index contributed by atoms with van der Waals surface area (Å²) in [6, 6.07) is 1.63. The van der Waals surface area contributed by atoms with E-state index in [9.17, 15) is 0 Å². The molecule has 0 amide bonds. The molecule has 1 saturated heterocycles. The quantitative estimate of drug-likeness (QED) is 0.748. The second kappa shape index (κ2) is 7.97. The molecule has 2 heteroatoms. The van der Waals surface area contributed by atoms with E-state index in [0.717, 1.165) is 29.8 Å². The van der Waals surface area contributed by atoms with Crippen molar-refractivity contribution in [3.63, 3.8) is 0 Å². The van der Waals surface area contributed by atoms with Gasteiger partial charge in [0.25, 0.3) is 0 Å². The molecule has 1 saturated carbocycles.